The van der Waals surface area contributed by atoms with Gasteiger partial charge in [-0.25, -0.2) is 4.79 Å². The van der Waals surface area contributed by atoms with Gasteiger partial charge in [0.2, 0.25) is 6.10 Å². The van der Waals surface area contributed by atoms with Crippen LogP contribution in [0.3, 0.4) is 0 Å². The maximum Gasteiger partial charge on any atom is 0.352 e. The second-order valence-electron chi connectivity index (χ2n) is 4.55. The van der Waals surface area contributed by atoms with E-state index in [0.29, 0.717) is 5.56 Å². The molecule has 2 rings (SSSR count). The third-order valence-corrected chi connectivity index (χ3v) is 3.04. The molecule has 118 valence electrons. The summed E-state index contributed by atoms with van der Waals surface area (Å²) in [5.74, 6) is -0.755. The van der Waals surface area contributed by atoms with Crippen LogP contribution in [0.4, 0.5) is 5.69 Å². The molecule has 0 saturated carbocycles. The number of hydrogen-bond acceptors (Lipinski definition) is 6. The molecule has 1 atom stereocenters. The van der Waals surface area contributed by atoms with E-state index in [2.05, 4.69) is 0 Å². The number of benzene rings is 2. The number of ether oxygens (including phenoxy) is 2. The van der Waals surface area contributed by atoms with Gasteiger partial charge in [-0.1, -0.05) is 30.3 Å². The number of rotatable bonds is 7. The Balaban J connectivity index is 2.08. The van der Waals surface area contributed by atoms with Crippen LogP contribution in [0.5, 0.6) is 0 Å². The van der Waals surface area contributed by atoms with Crippen molar-refractivity contribution in [2.24, 2.45) is 0 Å². The lowest BCUT2D eigenvalue weighted by Crippen LogP contribution is -2.18. The highest BCUT2D eigenvalue weighted by Crippen LogP contribution is 2.22. The maximum absolute atomic E-state index is 12.1. The van der Waals surface area contributed by atoms with Crippen LogP contribution in [0, 0.1) is 10.1 Å². The number of nitro benzene ring substituents is 1. The molecule has 0 spiro atoms. The minimum Gasteiger partial charge on any atom is -0.458 e. The standard InChI is InChI=1S/C16H13NO6/c18-11-23-15(13-6-8-14(9-7-13)17(20)21)16(19)22-10-12-4-2-1-3-5-12/h1-9,11,15H,10H2. The maximum atomic E-state index is 12.1. The summed E-state index contributed by atoms with van der Waals surface area (Å²) in [6.07, 6.45) is -1.27. The Kier molecular flexibility index (Phi) is 5.40. The van der Waals surface area contributed by atoms with Gasteiger partial charge in [0.1, 0.15) is 6.61 Å². The highest BCUT2D eigenvalue weighted by Gasteiger charge is 2.24. The molecule has 0 bridgehead atoms. The first kappa shape index (κ1) is 16.2. The highest BCUT2D eigenvalue weighted by molar-refractivity contribution is 5.77. The summed E-state index contributed by atoms with van der Waals surface area (Å²) in [6.45, 7) is 0.168. The molecule has 1 unspecified atom stereocenters. The third kappa shape index (κ3) is 4.37. The minimum absolute atomic E-state index is 0.0331. The van der Waals surface area contributed by atoms with Gasteiger partial charge >= 0.3 is 5.97 Å². The van der Waals surface area contributed by atoms with E-state index in [0.717, 1.165) is 5.56 Å². The smallest absolute Gasteiger partial charge is 0.352 e. The van der Waals surface area contributed by atoms with Gasteiger partial charge < -0.3 is 9.47 Å². The van der Waals surface area contributed by atoms with Crippen molar-refractivity contribution in [2.75, 3.05) is 0 Å². The Hall–Kier alpha value is -3.22. The van der Waals surface area contributed by atoms with E-state index in [1.54, 1.807) is 24.3 Å². The Labute approximate surface area is 131 Å². The van der Waals surface area contributed by atoms with E-state index in [4.69, 9.17) is 9.47 Å². The molecule has 0 aliphatic rings. The van der Waals surface area contributed by atoms with E-state index < -0.39 is 17.0 Å². The molecule has 7 nitrogen and oxygen atoms in total. The van der Waals surface area contributed by atoms with Crippen molar-refractivity contribution in [3.05, 3.63) is 75.8 Å². The SMILES string of the molecule is O=COC(C(=O)OCc1ccccc1)c1ccc([N+](=O)[O-])cc1. The lowest BCUT2D eigenvalue weighted by Gasteiger charge is -2.14. The van der Waals surface area contributed by atoms with Crippen molar-refractivity contribution in [2.45, 2.75) is 12.7 Å². The number of nitrogens with zero attached hydrogens (tertiary/aromatic N) is 1. The molecule has 7 heteroatoms. The molecule has 0 amide bonds. The summed E-state index contributed by atoms with van der Waals surface area (Å²) in [5, 5.41) is 10.6. The monoisotopic (exact) mass is 315 g/mol. The fourth-order valence-corrected chi connectivity index (χ4v) is 1.90. The molecule has 0 N–H and O–H groups in total. The van der Waals surface area contributed by atoms with Gasteiger partial charge in [0.05, 0.1) is 4.92 Å². The van der Waals surface area contributed by atoms with E-state index >= 15 is 0 Å². The number of carbonyl (C=O) groups is 2. The quantitative estimate of drug-likeness (QED) is 0.337. The first-order chi connectivity index (χ1) is 11.1. The zero-order valence-corrected chi connectivity index (χ0v) is 12.0. The molecule has 0 saturated heterocycles. The average Bonchev–Trinajstić information content (AvgIpc) is 2.58. The van der Waals surface area contributed by atoms with Crippen molar-refractivity contribution in [1.82, 2.24) is 0 Å². The van der Waals surface area contributed by atoms with Gasteiger partial charge in [-0.2, -0.15) is 0 Å². The summed E-state index contributed by atoms with van der Waals surface area (Å²) in [6, 6.07) is 14.1. The average molecular weight is 315 g/mol. The minimum atomic E-state index is -1.27. The summed E-state index contributed by atoms with van der Waals surface area (Å²) < 4.78 is 9.87. The molecule has 0 radical (unpaired) electrons. The van der Waals surface area contributed by atoms with Crippen molar-refractivity contribution in [1.29, 1.82) is 0 Å². The molecule has 0 aromatic heterocycles. The van der Waals surface area contributed by atoms with Crippen molar-refractivity contribution < 1.29 is 24.0 Å². The predicted molar refractivity (Wildman–Crippen MR) is 79.2 cm³/mol. The lowest BCUT2D eigenvalue weighted by atomic mass is 10.1. The normalized spacial score (nSPS) is 11.3. The third-order valence-electron chi connectivity index (χ3n) is 3.04. The Morgan fingerprint density at radius 1 is 1.13 bits per heavy atom. The lowest BCUT2D eigenvalue weighted by molar-refractivity contribution is -0.384. The zero-order chi connectivity index (χ0) is 16.7. The first-order valence-corrected chi connectivity index (χ1v) is 6.66. The second-order valence-corrected chi connectivity index (χ2v) is 4.55. The molecule has 2 aromatic rings. The zero-order valence-electron chi connectivity index (χ0n) is 12.0. The highest BCUT2D eigenvalue weighted by atomic mass is 16.6. The molecule has 23 heavy (non-hydrogen) atoms. The van der Waals surface area contributed by atoms with Gasteiger partial charge in [0, 0.05) is 17.7 Å². The number of carbonyl (C=O) groups excluding carboxylic acids is 2. The molecule has 0 heterocycles. The first-order valence-electron chi connectivity index (χ1n) is 6.66. The summed E-state index contributed by atoms with van der Waals surface area (Å²) in [5.41, 5.74) is 0.950. The summed E-state index contributed by atoms with van der Waals surface area (Å²) in [4.78, 5) is 32.8. The van der Waals surface area contributed by atoms with Gasteiger partial charge in [-0.05, 0) is 17.7 Å². The second kappa shape index (κ2) is 7.69. The summed E-state index contributed by atoms with van der Waals surface area (Å²) >= 11 is 0. The number of nitro groups is 1. The number of hydrogen-bond donors (Lipinski definition) is 0. The fraction of sp³-hybridized carbons (Fsp3) is 0.125. The molecule has 0 aliphatic carbocycles. The summed E-state index contributed by atoms with van der Waals surface area (Å²) in [7, 11) is 0. The number of non-ortho nitro benzene ring substituents is 1. The van der Waals surface area contributed by atoms with Crippen LogP contribution in [0.25, 0.3) is 0 Å². The van der Waals surface area contributed by atoms with Crippen LogP contribution in [-0.2, 0) is 25.7 Å². The van der Waals surface area contributed by atoms with Crippen LogP contribution < -0.4 is 0 Å². The van der Waals surface area contributed by atoms with Gasteiger partial charge in [0.25, 0.3) is 12.2 Å². The van der Waals surface area contributed by atoms with E-state index in [9.17, 15) is 19.7 Å². The molecular formula is C16H13NO6. The Morgan fingerprint density at radius 3 is 2.35 bits per heavy atom. The van der Waals surface area contributed by atoms with Crippen molar-refractivity contribution in [3.8, 4) is 0 Å². The van der Waals surface area contributed by atoms with Gasteiger partial charge in [0.15, 0.2) is 0 Å². The van der Waals surface area contributed by atoms with E-state index in [1.807, 2.05) is 6.07 Å². The Bertz CT molecular complexity index is 683. The van der Waals surface area contributed by atoms with Crippen molar-refractivity contribution >= 4 is 18.1 Å². The van der Waals surface area contributed by atoms with E-state index in [1.165, 1.54) is 24.3 Å². The molecular weight excluding hydrogens is 302 g/mol. The van der Waals surface area contributed by atoms with Gasteiger partial charge in [-0.15, -0.1) is 0 Å². The predicted octanol–water partition coefficient (Wildman–Crippen LogP) is 2.55. The van der Waals surface area contributed by atoms with Crippen LogP contribution in [0.1, 0.15) is 17.2 Å². The molecule has 2 aromatic carbocycles. The van der Waals surface area contributed by atoms with Crippen LogP contribution >= 0.6 is 0 Å². The number of esters is 1. The topological polar surface area (TPSA) is 95.7 Å². The van der Waals surface area contributed by atoms with Crippen molar-refractivity contribution in [3.63, 3.8) is 0 Å². The van der Waals surface area contributed by atoms with E-state index in [-0.39, 0.29) is 18.8 Å². The Morgan fingerprint density at radius 2 is 1.78 bits per heavy atom. The van der Waals surface area contributed by atoms with Gasteiger partial charge in [-0.3, -0.25) is 14.9 Å². The van der Waals surface area contributed by atoms with Crippen LogP contribution in [-0.4, -0.2) is 17.4 Å². The largest absolute Gasteiger partial charge is 0.458 e. The molecule has 0 fully saturated rings. The fourth-order valence-electron chi connectivity index (χ4n) is 1.90. The molecule has 0 aliphatic heterocycles. The van der Waals surface area contributed by atoms with Crippen LogP contribution in [0.15, 0.2) is 54.6 Å². The van der Waals surface area contributed by atoms with Crippen LogP contribution in [0.2, 0.25) is 0 Å².